The van der Waals surface area contributed by atoms with Crippen LogP contribution in [0.5, 0.6) is 0 Å². The Labute approximate surface area is 164 Å². The molecule has 0 spiro atoms. The minimum atomic E-state index is -0.0202. The Bertz CT molecular complexity index is 1030. The molecule has 1 aliphatic heterocycles. The maximum atomic E-state index is 13.0. The molecule has 3 aromatic rings. The Morgan fingerprint density at radius 3 is 2.71 bits per heavy atom. The number of aryl methyl sites for hydroxylation is 1. The number of carbonyl (C=O) groups is 1. The van der Waals surface area contributed by atoms with Gasteiger partial charge in [-0.15, -0.1) is 0 Å². The van der Waals surface area contributed by atoms with E-state index in [0.29, 0.717) is 19.5 Å². The van der Waals surface area contributed by atoms with Gasteiger partial charge in [0.2, 0.25) is 0 Å². The predicted molar refractivity (Wildman–Crippen MR) is 110 cm³/mol. The number of para-hydroxylation sites is 1. The number of benzene rings is 2. The molecule has 4 rings (SSSR count). The van der Waals surface area contributed by atoms with Crippen LogP contribution in [0.3, 0.4) is 0 Å². The van der Waals surface area contributed by atoms with Crippen molar-refractivity contribution >= 4 is 16.8 Å². The number of fused-ring (bicyclic) bond motifs is 1. The average molecular weight is 375 g/mol. The number of likely N-dealkylation sites (tertiary alicyclic amines) is 1. The highest BCUT2D eigenvalue weighted by Crippen LogP contribution is 2.26. The van der Waals surface area contributed by atoms with Gasteiger partial charge in [-0.25, -0.2) is 0 Å². The first-order valence-corrected chi connectivity index (χ1v) is 9.68. The lowest BCUT2D eigenvalue weighted by atomic mass is 9.96. The summed E-state index contributed by atoms with van der Waals surface area (Å²) in [5.41, 5.74) is 11.4. The predicted octanol–water partition coefficient (Wildman–Crippen LogP) is 2.80. The van der Waals surface area contributed by atoms with Crippen LogP contribution in [0.25, 0.3) is 10.9 Å². The molecule has 1 aliphatic rings. The number of nitrogens with zero attached hydrogens (tertiary/aromatic N) is 2. The highest BCUT2D eigenvalue weighted by atomic mass is 16.3. The molecular weight excluding hydrogens is 350 g/mol. The van der Waals surface area contributed by atoms with Crippen LogP contribution >= 0.6 is 0 Å². The summed E-state index contributed by atoms with van der Waals surface area (Å²) in [5, 5.41) is 10.7. The Morgan fingerprint density at radius 2 is 1.96 bits per heavy atom. The zero-order chi connectivity index (χ0) is 19.7. The third-order valence-electron chi connectivity index (χ3n) is 5.45. The Morgan fingerprint density at radius 1 is 1.18 bits per heavy atom. The number of amides is 1. The fraction of sp³-hybridized carbons (Fsp3) is 0.304. The third kappa shape index (κ3) is 3.51. The molecule has 0 saturated carbocycles. The van der Waals surface area contributed by atoms with E-state index in [9.17, 15) is 9.90 Å². The largest absolute Gasteiger partial charge is 0.392 e. The van der Waals surface area contributed by atoms with E-state index in [2.05, 4.69) is 0 Å². The van der Waals surface area contributed by atoms with Gasteiger partial charge in [0, 0.05) is 42.2 Å². The lowest BCUT2D eigenvalue weighted by molar-refractivity contribution is 0.0790. The summed E-state index contributed by atoms with van der Waals surface area (Å²) in [6.45, 7) is 3.24. The van der Waals surface area contributed by atoms with Crippen molar-refractivity contribution < 1.29 is 9.90 Å². The first-order chi connectivity index (χ1) is 13.6. The molecule has 5 nitrogen and oxygen atoms in total. The number of hydrogen-bond acceptors (Lipinski definition) is 4. The van der Waals surface area contributed by atoms with Gasteiger partial charge in [-0.3, -0.25) is 9.78 Å². The average Bonchev–Trinajstić information content (AvgIpc) is 3.14. The van der Waals surface area contributed by atoms with Gasteiger partial charge >= 0.3 is 0 Å². The van der Waals surface area contributed by atoms with Gasteiger partial charge in [0.05, 0.1) is 12.1 Å². The molecule has 0 unspecified atom stereocenters. The van der Waals surface area contributed by atoms with Crippen molar-refractivity contribution in [1.29, 1.82) is 0 Å². The van der Waals surface area contributed by atoms with E-state index >= 15 is 0 Å². The standard InChI is InChI=1S/C23H25N3O2/c1-15-11-18(14-27)20-8-4-6-17(22(20)25-15)12-16-5-2-3-7-21(16)23(28)26-10-9-19(24)13-26/h2-8,11,19,27H,9-10,12-14,24H2,1H3/t19-/m1/s1. The van der Waals surface area contributed by atoms with E-state index in [1.807, 2.05) is 60.4 Å². The minimum Gasteiger partial charge on any atom is -0.392 e. The van der Waals surface area contributed by atoms with Crippen LogP contribution in [0.4, 0.5) is 0 Å². The fourth-order valence-electron chi connectivity index (χ4n) is 4.02. The summed E-state index contributed by atoms with van der Waals surface area (Å²) in [7, 11) is 0. The highest BCUT2D eigenvalue weighted by molar-refractivity contribution is 5.96. The van der Waals surface area contributed by atoms with Crippen LogP contribution in [0.2, 0.25) is 0 Å². The number of aliphatic hydroxyl groups is 1. The van der Waals surface area contributed by atoms with Crippen molar-refractivity contribution in [2.45, 2.75) is 32.4 Å². The summed E-state index contributed by atoms with van der Waals surface area (Å²) in [4.78, 5) is 19.6. The Kier molecular flexibility index (Phi) is 5.11. The summed E-state index contributed by atoms with van der Waals surface area (Å²) in [6, 6.07) is 15.8. The summed E-state index contributed by atoms with van der Waals surface area (Å²) >= 11 is 0. The Hall–Kier alpha value is -2.76. The monoisotopic (exact) mass is 375 g/mol. The molecule has 5 heteroatoms. The number of carbonyl (C=O) groups excluding carboxylic acids is 1. The van der Waals surface area contributed by atoms with Gasteiger partial charge in [-0.2, -0.15) is 0 Å². The van der Waals surface area contributed by atoms with Crippen LogP contribution < -0.4 is 5.73 Å². The van der Waals surface area contributed by atoms with Crippen LogP contribution in [-0.4, -0.2) is 40.0 Å². The second-order valence-electron chi connectivity index (χ2n) is 7.53. The van der Waals surface area contributed by atoms with E-state index in [-0.39, 0.29) is 18.6 Å². The first-order valence-electron chi connectivity index (χ1n) is 9.68. The number of aromatic nitrogens is 1. The number of nitrogens with two attached hydrogens (primary N) is 1. The number of rotatable bonds is 4. The molecule has 1 atom stereocenters. The molecule has 1 aromatic heterocycles. The molecule has 1 fully saturated rings. The molecule has 3 N–H and O–H groups in total. The van der Waals surface area contributed by atoms with Crippen LogP contribution in [0, 0.1) is 6.92 Å². The number of pyridine rings is 1. The van der Waals surface area contributed by atoms with Crippen LogP contribution in [-0.2, 0) is 13.0 Å². The molecule has 28 heavy (non-hydrogen) atoms. The summed E-state index contributed by atoms with van der Waals surface area (Å²) < 4.78 is 0. The summed E-state index contributed by atoms with van der Waals surface area (Å²) in [6.07, 6.45) is 1.46. The van der Waals surface area contributed by atoms with Crippen molar-refractivity contribution in [3.05, 3.63) is 76.5 Å². The maximum absolute atomic E-state index is 13.0. The molecule has 0 radical (unpaired) electrons. The molecule has 2 heterocycles. The smallest absolute Gasteiger partial charge is 0.254 e. The maximum Gasteiger partial charge on any atom is 0.254 e. The molecule has 0 bridgehead atoms. The number of aliphatic hydroxyl groups excluding tert-OH is 1. The zero-order valence-corrected chi connectivity index (χ0v) is 16.1. The zero-order valence-electron chi connectivity index (χ0n) is 16.1. The minimum absolute atomic E-state index is 0.0202. The molecule has 2 aromatic carbocycles. The molecule has 0 aliphatic carbocycles. The van der Waals surface area contributed by atoms with Crippen LogP contribution in [0.1, 0.15) is 39.2 Å². The first kappa shape index (κ1) is 18.6. The van der Waals surface area contributed by atoms with E-state index in [0.717, 1.165) is 45.3 Å². The van der Waals surface area contributed by atoms with E-state index in [1.165, 1.54) is 0 Å². The van der Waals surface area contributed by atoms with Gasteiger partial charge in [0.25, 0.3) is 5.91 Å². The summed E-state index contributed by atoms with van der Waals surface area (Å²) in [5.74, 6) is 0.0453. The quantitative estimate of drug-likeness (QED) is 0.735. The molecular formula is C23H25N3O2. The van der Waals surface area contributed by atoms with Crippen molar-refractivity contribution in [2.75, 3.05) is 13.1 Å². The third-order valence-corrected chi connectivity index (χ3v) is 5.45. The fourth-order valence-corrected chi connectivity index (χ4v) is 4.02. The van der Waals surface area contributed by atoms with Crippen molar-refractivity contribution in [3.63, 3.8) is 0 Å². The van der Waals surface area contributed by atoms with Gasteiger partial charge in [0.15, 0.2) is 0 Å². The Balaban J connectivity index is 1.73. The number of hydrogen-bond donors (Lipinski definition) is 2. The van der Waals surface area contributed by atoms with Crippen molar-refractivity contribution in [2.24, 2.45) is 5.73 Å². The van der Waals surface area contributed by atoms with E-state index < -0.39 is 0 Å². The van der Waals surface area contributed by atoms with Gasteiger partial charge in [-0.05, 0) is 42.2 Å². The van der Waals surface area contributed by atoms with Gasteiger partial charge in [-0.1, -0.05) is 36.4 Å². The lowest BCUT2D eigenvalue weighted by Gasteiger charge is -2.18. The molecule has 144 valence electrons. The van der Waals surface area contributed by atoms with E-state index in [4.69, 9.17) is 10.7 Å². The van der Waals surface area contributed by atoms with Crippen molar-refractivity contribution in [1.82, 2.24) is 9.88 Å². The SMILES string of the molecule is Cc1cc(CO)c2cccc(Cc3ccccc3C(=O)N3CC[C@@H](N)C3)c2n1. The van der Waals surface area contributed by atoms with Crippen molar-refractivity contribution in [3.8, 4) is 0 Å². The normalized spacial score (nSPS) is 16.7. The van der Waals surface area contributed by atoms with Crippen LogP contribution in [0.15, 0.2) is 48.5 Å². The van der Waals surface area contributed by atoms with Gasteiger partial charge in [0.1, 0.15) is 0 Å². The topological polar surface area (TPSA) is 79.5 Å². The highest BCUT2D eigenvalue weighted by Gasteiger charge is 2.26. The van der Waals surface area contributed by atoms with E-state index in [1.54, 1.807) is 0 Å². The molecule has 1 saturated heterocycles. The second-order valence-corrected chi connectivity index (χ2v) is 7.53. The second kappa shape index (κ2) is 7.70. The lowest BCUT2D eigenvalue weighted by Crippen LogP contribution is -2.32. The van der Waals surface area contributed by atoms with Gasteiger partial charge < -0.3 is 15.7 Å². The molecule has 1 amide bonds.